The summed E-state index contributed by atoms with van der Waals surface area (Å²) in [5.74, 6) is 1.45. The van der Waals surface area contributed by atoms with E-state index >= 15 is 0 Å². The Hall–Kier alpha value is -2.73. The summed E-state index contributed by atoms with van der Waals surface area (Å²) in [4.78, 5) is 17.3. The average molecular weight is 426 g/mol. The molecule has 0 spiro atoms. The number of carbonyl (C=O) groups is 1. The van der Waals surface area contributed by atoms with Crippen LogP contribution in [0, 0.1) is 6.92 Å². The van der Waals surface area contributed by atoms with Gasteiger partial charge in [0.2, 0.25) is 5.91 Å². The van der Waals surface area contributed by atoms with E-state index in [0.29, 0.717) is 18.7 Å². The van der Waals surface area contributed by atoms with E-state index in [1.165, 1.54) is 11.3 Å². The molecule has 0 aromatic heterocycles. The molecule has 0 saturated carbocycles. The van der Waals surface area contributed by atoms with E-state index in [1.807, 2.05) is 18.2 Å². The van der Waals surface area contributed by atoms with Crippen LogP contribution in [0.3, 0.4) is 0 Å². The Labute approximate surface area is 186 Å². The van der Waals surface area contributed by atoms with Gasteiger partial charge < -0.3 is 19.7 Å². The first-order valence-corrected chi connectivity index (χ1v) is 11.1. The number of anilines is 1. The first-order valence-electron chi connectivity index (χ1n) is 11.1. The van der Waals surface area contributed by atoms with Gasteiger partial charge in [-0.3, -0.25) is 9.69 Å². The van der Waals surface area contributed by atoms with Gasteiger partial charge in [-0.05, 0) is 62.2 Å². The second kappa shape index (κ2) is 11.6. The molecule has 3 rings (SSSR count). The molecule has 0 aliphatic carbocycles. The summed E-state index contributed by atoms with van der Waals surface area (Å²) in [5.41, 5.74) is 3.48. The molecule has 1 amide bonds. The van der Waals surface area contributed by atoms with Gasteiger partial charge in [-0.2, -0.15) is 0 Å². The van der Waals surface area contributed by atoms with E-state index in [2.05, 4.69) is 46.3 Å². The van der Waals surface area contributed by atoms with Crippen LogP contribution >= 0.6 is 0 Å². The Kier molecular flexibility index (Phi) is 8.59. The highest BCUT2D eigenvalue weighted by atomic mass is 16.5. The molecular formula is C25H35N3O3. The fraction of sp³-hybridized carbons (Fsp3) is 0.480. The standard InChI is InChI=1S/C25H35N3O3/c1-20-7-6-8-22(17-20)28-15-13-27(14-16-28)12-5-4-11-26-25(29)19-21-18-23(30-2)9-10-24(21)31-3/h6-10,17-18H,4-5,11-16,19H2,1-3H3,(H,26,29). The summed E-state index contributed by atoms with van der Waals surface area (Å²) in [6.45, 7) is 8.26. The molecule has 0 radical (unpaired) electrons. The Morgan fingerprint density at radius 2 is 1.81 bits per heavy atom. The number of rotatable bonds is 10. The zero-order valence-corrected chi connectivity index (χ0v) is 19.0. The Morgan fingerprint density at radius 1 is 1.00 bits per heavy atom. The second-order valence-corrected chi connectivity index (χ2v) is 8.08. The lowest BCUT2D eigenvalue weighted by atomic mass is 10.1. The Bertz CT molecular complexity index is 848. The van der Waals surface area contributed by atoms with Gasteiger partial charge in [0.05, 0.1) is 20.6 Å². The second-order valence-electron chi connectivity index (χ2n) is 8.08. The Morgan fingerprint density at radius 3 is 2.52 bits per heavy atom. The zero-order valence-electron chi connectivity index (χ0n) is 19.0. The molecule has 0 unspecified atom stereocenters. The third-order valence-electron chi connectivity index (χ3n) is 5.80. The van der Waals surface area contributed by atoms with Gasteiger partial charge in [0.25, 0.3) is 0 Å². The van der Waals surface area contributed by atoms with E-state index in [4.69, 9.17) is 9.47 Å². The maximum absolute atomic E-state index is 12.3. The molecule has 0 atom stereocenters. The largest absolute Gasteiger partial charge is 0.497 e. The van der Waals surface area contributed by atoms with Crippen molar-refractivity contribution in [1.29, 1.82) is 0 Å². The quantitative estimate of drug-likeness (QED) is 0.592. The first-order chi connectivity index (χ1) is 15.1. The van der Waals surface area contributed by atoms with Crippen LogP contribution in [0.4, 0.5) is 5.69 Å². The van der Waals surface area contributed by atoms with Crippen LogP contribution in [0.15, 0.2) is 42.5 Å². The highest BCUT2D eigenvalue weighted by molar-refractivity contribution is 5.79. The minimum absolute atomic E-state index is 0.0123. The maximum atomic E-state index is 12.3. The predicted octanol–water partition coefficient (Wildman–Crippen LogP) is 3.27. The van der Waals surface area contributed by atoms with E-state index < -0.39 is 0 Å². The van der Waals surface area contributed by atoms with Crippen molar-refractivity contribution < 1.29 is 14.3 Å². The minimum Gasteiger partial charge on any atom is -0.497 e. The number of benzene rings is 2. The van der Waals surface area contributed by atoms with Crippen LogP contribution in [-0.2, 0) is 11.2 Å². The van der Waals surface area contributed by atoms with Gasteiger partial charge in [0.15, 0.2) is 0 Å². The van der Waals surface area contributed by atoms with Crippen LogP contribution < -0.4 is 19.7 Å². The number of nitrogens with zero attached hydrogens (tertiary/aromatic N) is 2. The summed E-state index contributed by atoms with van der Waals surface area (Å²) < 4.78 is 10.6. The molecule has 1 heterocycles. The van der Waals surface area contributed by atoms with Gasteiger partial charge in [0, 0.05) is 44.0 Å². The number of unbranched alkanes of at least 4 members (excludes halogenated alkanes) is 1. The van der Waals surface area contributed by atoms with Crippen molar-refractivity contribution in [3.8, 4) is 11.5 Å². The van der Waals surface area contributed by atoms with Crippen LogP contribution in [0.2, 0.25) is 0 Å². The number of hydrogen-bond acceptors (Lipinski definition) is 5. The van der Waals surface area contributed by atoms with Crippen molar-refractivity contribution in [3.05, 3.63) is 53.6 Å². The average Bonchev–Trinajstić information content (AvgIpc) is 2.79. The summed E-state index contributed by atoms with van der Waals surface area (Å²) in [6, 6.07) is 14.3. The molecule has 1 N–H and O–H groups in total. The lowest BCUT2D eigenvalue weighted by Crippen LogP contribution is -2.46. The van der Waals surface area contributed by atoms with Crippen LogP contribution in [0.1, 0.15) is 24.0 Å². The van der Waals surface area contributed by atoms with Crippen molar-refractivity contribution in [2.24, 2.45) is 0 Å². The fourth-order valence-electron chi connectivity index (χ4n) is 4.00. The van der Waals surface area contributed by atoms with Crippen LogP contribution in [-0.4, -0.2) is 64.3 Å². The third-order valence-corrected chi connectivity index (χ3v) is 5.80. The molecule has 1 fully saturated rings. The van der Waals surface area contributed by atoms with E-state index in [9.17, 15) is 4.79 Å². The van der Waals surface area contributed by atoms with E-state index in [0.717, 1.165) is 56.9 Å². The monoisotopic (exact) mass is 425 g/mol. The van der Waals surface area contributed by atoms with Gasteiger partial charge in [-0.25, -0.2) is 0 Å². The van der Waals surface area contributed by atoms with Gasteiger partial charge in [-0.15, -0.1) is 0 Å². The number of amides is 1. The summed E-state index contributed by atoms with van der Waals surface area (Å²) in [5, 5.41) is 3.03. The number of carbonyl (C=O) groups excluding carboxylic acids is 1. The van der Waals surface area contributed by atoms with Gasteiger partial charge in [-0.1, -0.05) is 12.1 Å². The molecule has 168 valence electrons. The number of piperazine rings is 1. The number of ether oxygens (including phenoxy) is 2. The zero-order chi connectivity index (χ0) is 22.1. The van der Waals surface area contributed by atoms with Crippen molar-refractivity contribution in [3.63, 3.8) is 0 Å². The molecular weight excluding hydrogens is 390 g/mol. The SMILES string of the molecule is COc1ccc(OC)c(CC(=O)NCCCCN2CCN(c3cccc(C)c3)CC2)c1. The number of aryl methyl sites for hydroxylation is 1. The number of nitrogens with one attached hydrogen (secondary N) is 1. The lowest BCUT2D eigenvalue weighted by Gasteiger charge is -2.36. The maximum Gasteiger partial charge on any atom is 0.224 e. The van der Waals surface area contributed by atoms with Gasteiger partial charge in [0.1, 0.15) is 11.5 Å². The van der Waals surface area contributed by atoms with Crippen molar-refractivity contribution in [2.75, 3.05) is 58.4 Å². The van der Waals surface area contributed by atoms with Crippen molar-refractivity contribution in [1.82, 2.24) is 10.2 Å². The molecule has 2 aromatic rings. The summed E-state index contributed by atoms with van der Waals surface area (Å²) >= 11 is 0. The molecule has 1 aliphatic rings. The first kappa shape index (κ1) is 22.9. The van der Waals surface area contributed by atoms with Crippen molar-refractivity contribution >= 4 is 11.6 Å². The molecule has 2 aromatic carbocycles. The normalized spacial score (nSPS) is 14.4. The Balaban J connectivity index is 1.32. The third kappa shape index (κ3) is 6.89. The van der Waals surface area contributed by atoms with Crippen LogP contribution in [0.25, 0.3) is 0 Å². The number of methoxy groups -OCH3 is 2. The van der Waals surface area contributed by atoms with E-state index in [-0.39, 0.29) is 5.91 Å². The highest BCUT2D eigenvalue weighted by Gasteiger charge is 2.17. The van der Waals surface area contributed by atoms with Crippen LogP contribution in [0.5, 0.6) is 11.5 Å². The molecule has 6 nitrogen and oxygen atoms in total. The molecule has 6 heteroatoms. The van der Waals surface area contributed by atoms with E-state index in [1.54, 1.807) is 14.2 Å². The molecule has 31 heavy (non-hydrogen) atoms. The summed E-state index contributed by atoms with van der Waals surface area (Å²) in [6.07, 6.45) is 2.37. The molecule has 1 saturated heterocycles. The van der Waals surface area contributed by atoms with Gasteiger partial charge >= 0.3 is 0 Å². The highest BCUT2D eigenvalue weighted by Crippen LogP contribution is 2.24. The van der Waals surface area contributed by atoms with Crippen molar-refractivity contribution in [2.45, 2.75) is 26.2 Å². The predicted molar refractivity (Wildman–Crippen MR) is 125 cm³/mol. The minimum atomic E-state index is 0.0123. The molecule has 1 aliphatic heterocycles. The molecule has 0 bridgehead atoms. The lowest BCUT2D eigenvalue weighted by molar-refractivity contribution is -0.120. The smallest absolute Gasteiger partial charge is 0.224 e. The topological polar surface area (TPSA) is 54.0 Å². The number of hydrogen-bond donors (Lipinski definition) is 1. The fourth-order valence-corrected chi connectivity index (χ4v) is 4.00. The summed E-state index contributed by atoms with van der Waals surface area (Å²) in [7, 11) is 3.23.